The van der Waals surface area contributed by atoms with Gasteiger partial charge in [0.25, 0.3) is 0 Å². The minimum absolute atomic E-state index is 0.219. The molecule has 2 aromatic carbocycles. The normalized spacial score (nSPS) is 11.3. The van der Waals surface area contributed by atoms with Crippen LogP contribution in [0.4, 0.5) is 30.6 Å². The molecular weight excluding hydrogens is 397 g/mol. The molecule has 2 aromatic heterocycles. The number of anilines is 3. The van der Waals surface area contributed by atoms with Crippen molar-refractivity contribution in [2.45, 2.75) is 6.18 Å². The third-order valence-corrected chi connectivity index (χ3v) is 4.06. The van der Waals surface area contributed by atoms with E-state index >= 15 is 0 Å². The van der Waals surface area contributed by atoms with Crippen LogP contribution in [0.2, 0.25) is 0 Å². The Morgan fingerprint density at radius 1 is 0.933 bits per heavy atom. The summed E-state index contributed by atoms with van der Waals surface area (Å²) in [7, 11) is 0. The first-order valence-corrected chi connectivity index (χ1v) is 8.73. The smallest absolute Gasteiger partial charge is 0.416 e. The number of halogens is 3. The van der Waals surface area contributed by atoms with Crippen molar-refractivity contribution in [3.05, 3.63) is 72.4 Å². The first-order valence-electron chi connectivity index (χ1n) is 8.73. The van der Waals surface area contributed by atoms with Gasteiger partial charge in [0.1, 0.15) is 17.3 Å². The van der Waals surface area contributed by atoms with Gasteiger partial charge in [-0.05, 0) is 48.5 Å². The van der Waals surface area contributed by atoms with Crippen LogP contribution >= 0.6 is 0 Å². The van der Waals surface area contributed by atoms with Crippen LogP contribution in [0.3, 0.4) is 0 Å². The molecule has 0 bridgehead atoms. The number of aromatic nitrogens is 4. The Bertz CT molecular complexity index is 1160. The van der Waals surface area contributed by atoms with Crippen LogP contribution in [-0.2, 0) is 6.18 Å². The van der Waals surface area contributed by atoms with Gasteiger partial charge in [0.2, 0.25) is 5.95 Å². The molecule has 4 N–H and O–H groups in total. The highest BCUT2D eigenvalue weighted by atomic mass is 19.4. The second-order valence-corrected chi connectivity index (χ2v) is 6.27. The van der Waals surface area contributed by atoms with Gasteiger partial charge >= 0.3 is 6.18 Å². The van der Waals surface area contributed by atoms with E-state index in [1.54, 1.807) is 42.6 Å². The van der Waals surface area contributed by atoms with Crippen molar-refractivity contribution in [2.24, 2.45) is 0 Å². The van der Waals surface area contributed by atoms with Crippen molar-refractivity contribution >= 4 is 17.5 Å². The Morgan fingerprint density at radius 3 is 2.47 bits per heavy atom. The molecule has 0 unspecified atom stereocenters. The molecule has 0 aliphatic carbocycles. The molecule has 2 heterocycles. The zero-order valence-corrected chi connectivity index (χ0v) is 15.3. The lowest BCUT2D eigenvalue weighted by Gasteiger charge is -2.08. The summed E-state index contributed by atoms with van der Waals surface area (Å²) in [5, 5.41) is 10.7. The quantitative estimate of drug-likeness (QED) is 0.426. The molecule has 0 saturated carbocycles. The number of H-pyrrole nitrogens is 1. The lowest BCUT2D eigenvalue weighted by Crippen LogP contribution is -2.05. The molecule has 30 heavy (non-hydrogen) atoms. The first kappa shape index (κ1) is 19.2. The Morgan fingerprint density at radius 2 is 1.73 bits per heavy atom. The van der Waals surface area contributed by atoms with Crippen molar-refractivity contribution in [1.82, 2.24) is 20.2 Å². The molecule has 152 valence electrons. The Hall–Kier alpha value is -4.08. The molecule has 0 spiro atoms. The predicted molar refractivity (Wildman–Crippen MR) is 105 cm³/mol. The van der Waals surface area contributed by atoms with Gasteiger partial charge in [-0.15, -0.1) is 10.2 Å². The number of nitrogens with zero attached hydrogens (tertiary/aromatic N) is 3. The molecular formula is C20H15F3N6O. The van der Waals surface area contributed by atoms with Crippen molar-refractivity contribution in [3.8, 4) is 22.9 Å². The fourth-order valence-electron chi connectivity index (χ4n) is 2.67. The Balaban J connectivity index is 1.46. The van der Waals surface area contributed by atoms with Gasteiger partial charge in [-0.25, -0.2) is 4.98 Å². The molecule has 0 fully saturated rings. The van der Waals surface area contributed by atoms with E-state index in [4.69, 9.17) is 10.5 Å². The largest absolute Gasteiger partial charge is 0.457 e. The summed E-state index contributed by atoms with van der Waals surface area (Å²) >= 11 is 0. The number of rotatable bonds is 5. The van der Waals surface area contributed by atoms with E-state index in [2.05, 4.69) is 25.5 Å². The number of nitrogens with one attached hydrogen (secondary N) is 2. The van der Waals surface area contributed by atoms with E-state index in [1.165, 1.54) is 12.1 Å². The van der Waals surface area contributed by atoms with Gasteiger partial charge in [-0.3, -0.25) is 0 Å². The second-order valence-electron chi connectivity index (χ2n) is 6.27. The lowest BCUT2D eigenvalue weighted by atomic mass is 10.2. The SMILES string of the molecule is Nc1cc(Oc2ccc(-c3nnc(Nc4cccc(C(F)(F)F)c4)[nH]3)cc2)ccn1. The Kier molecular flexibility index (Phi) is 4.97. The summed E-state index contributed by atoms with van der Waals surface area (Å²) in [5.74, 6) is 2.17. The number of hydrogen-bond donors (Lipinski definition) is 3. The molecule has 7 nitrogen and oxygen atoms in total. The van der Waals surface area contributed by atoms with E-state index < -0.39 is 11.7 Å². The zero-order chi connectivity index (χ0) is 21.1. The summed E-state index contributed by atoms with van der Waals surface area (Å²) in [5.41, 5.74) is 5.84. The van der Waals surface area contributed by atoms with Crippen LogP contribution < -0.4 is 15.8 Å². The number of aromatic amines is 1. The average Bonchev–Trinajstić information content (AvgIpc) is 3.17. The third kappa shape index (κ3) is 4.49. The molecule has 0 amide bonds. The van der Waals surface area contributed by atoms with Crippen LogP contribution in [0.25, 0.3) is 11.4 Å². The minimum Gasteiger partial charge on any atom is -0.457 e. The second kappa shape index (κ2) is 7.74. The topological polar surface area (TPSA) is 102 Å². The minimum atomic E-state index is -4.42. The first-order chi connectivity index (χ1) is 14.4. The van der Waals surface area contributed by atoms with Crippen LogP contribution in [-0.4, -0.2) is 20.2 Å². The van der Waals surface area contributed by atoms with E-state index in [1.807, 2.05) is 0 Å². The maximum Gasteiger partial charge on any atom is 0.416 e. The molecule has 10 heteroatoms. The van der Waals surface area contributed by atoms with Crippen LogP contribution in [0.15, 0.2) is 66.9 Å². The van der Waals surface area contributed by atoms with Crippen LogP contribution in [0, 0.1) is 0 Å². The van der Waals surface area contributed by atoms with Gasteiger partial charge in [-0.2, -0.15) is 13.2 Å². The van der Waals surface area contributed by atoms with Crippen molar-refractivity contribution in [1.29, 1.82) is 0 Å². The number of benzene rings is 2. The molecule has 4 aromatic rings. The Labute approximate surface area is 168 Å². The zero-order valence-electron chi connectivity index (χ0n) is 15.3. The van der Waals surface area contributed by atoms with E-state index in [-0.39, 0.29) is 11.6 Å². The highest BCUT2D eigenvalue weighted by molar-refractivity contribution is 5.60. The summed E-state index contributed by atoms with van der Waals surface area (Å²) in [4.78, 5) is 6.83. The highest BCUT2D eigenvalue weighted by Crippen LogP contribution is 2.31. The maximum atomic E-state index is 12.8. The summed E-state index contributed by atoms with van der Waals surface area (Å²) < 4.78 is 44.2. The van der Waals surface area contributed by atoms with Crippen molar-refractivity contribution < 1.29 is 17.9 Å². The fourth-order valence-corrected chi connectivity index (χ4v) is 2.67. The number of hydrogen-bond acceptors (Lipinski definition) is 6. The fraction of sp³-hybridized carbons (Fsp3) is 0.0500. The molecule has 0 radical (unpaired) electrons. The van der Waals surface area contributed by atoms with Crippen LogP contribution in [0.5, 0.6) is 11.5 Å². The standard InChI is InChI=1S/C20H15F3N6O/c21-20(22,23)13-2-1-3-14(10-13)26-19-27-18(28-29-19)12-4-6-15(7-5-12)30-16-8-9-25-17(24)11-16/h1-11H,(H2,24,25)(H2,26,27,28,29). The summed E-state index contributed by atoms with van der Waals surface area (Å²) in [6.45, 7) is 0. The van der Waals surface area contributed by atoms with Crippen molar-refractivity contribution in [3.63, 3.8) is 0 Å². The average molecular weight is 412 g/mol. The van der Waals surface area contributed by atoms with Crippen molar-refractivity contribution in [2.75, 3.05) is 11.1 Å². The molecule has 0 aliphatic rings. The number of alkyl halides is 3. The van der Waals surface area contributed by atoms with E-state index in [0.717, 1.165) is 17.7 Å². The van der Waals surface area contributed by atoms with E-state index in [9.17, 15) is 13.2 Å². The maximum absolute atomic E-state index is 12.8. The predicted octanol–water partition coefficient (Wildman–Crippen LogP) is 5.00. The summed E-state index contributed by atoms with van der Waals surface area (Å²) in [6.07, 6.45) is -2.87. The van der Waals surface area contributed by atoms with Gasteiger partial charge in [0, 0.05) is 23.5 Å². The van der Waals surface area contributed by atoms with Gasteiger partial charge in [0.05, 0.1) is 5.56 Å². The van der Waals surface area contributed by atoms with Gasteiger partial charge in [-0.1, -0.05) is 6.07 Å². The molecule has 0 aliphatic heterocycles. The molecule has 4 rings (SSSR count). The monoisotopic (exact) mass is 412 g/mol. The third-order valence-electron chi connectivity index (χ3n) is 4.06. The van der Waals surface area contributed by atoms with Crippen LogP contribution in [0.1, 0.15) is 5.56 Å². The van der Waals surface area contributed by atoms with Gasteiger partial charge in [0.15, 0.2) is 5.82 Å². The number of ether oxygens (including phenoxy) is 1. The number of nitrogens with two attached hydrogens (primary N) is 1. The highest BCUT2D eigenvalue weighted by Gasteiger charge is 2.30. The lowest BCUT2D eigenvalue weighted by molar-refractivity contribution is -0.137. The number of pyridine rings is 1. The van der Waals surface area contributed by atoms with E-state index in [0.29, 0.717) is 23.1 Å². The van der Waals surface area contributed by atoms with Gasteiger partial charge < -0.3 is 20.8 Å². The molecule has 0 atom stereocenters. The molecule has 0 saturated heterocycles. The number of nitrogen functional groups attached to an aromatic ring is 1. The summed E-state index contributed by atoms with van der Waals surface area (Å²) in [6, 6.07) is 15.2.